The first-order chi connectivity index (χ1) is 26.7. The number of methoxy groups -OCH3 is 1. The van der Waals surface area contributed by atoms with Gasteiger partial charge in [0.1, 0.15) is 18.3 Å². The predicted molar refractivity (Wildman–Crippen MR) is 201 cm³/mol. The molecule has 0 unspecified atom stereocenters. The quantitative estimate of drug-likeness (QED) is 0.145. The largest absolute Gasteiger partial charge is 0.495 e. The maximum absolute atomic E-state index is 14.0. The smallest absolute Gasteiger partial charge is 0.405 e. The Morgan fingerprint density at radius 2 is 1.80 bits per heavy atom. The first-order valence-electron chi connectivity index (χ1n) is 18.8. The van der Waals surface area contributed by atoms with Gasteiger partial charge in [0.15, 0.2) is 5.76 Å². The van der Waals surface area contributed by atoms with Crippen molar-refractivity contribution in [2.24, 2.45) is 5.92 Å². The lowest BCUT2D eigenvalue weighted by atomic mass is 9.84. The summed E-state index contributed by atoms with van der Waals surface area (Å²) in [6, 6.07) is 17.1. The van der Waals surface area contributed by atoms with E-state index in [1.165, 1.54) is 7.11 Å². The standard InChI is InChI=1S/C41H49F3N6O6/c1-40(2,39-46-22-35(56-39)29-19-31(55-3)21-45-20-29)50-16-15-49(33(24-50)38(54)47-25-41(42,43)44)23-30(51)18-28(17-26-9-5-4-6-10-26)37(53)48-36-32-12-8-7-11-27(32)13-14-34(36)52/h4-12,19-22,28,30,33-34,36,51-52H,13-18,23-25H2,1-3H3,(H,47,54)(H,48,53)/t28-,30+,33+,34-,36+/m1/s1. The van der Waals surface area contributed by atoms with Crippen molar-refractivity contribution in [2.45, 2.75) is 75.5 Å². The van der Waals surface area contributed by atoms with Crippen LogP contribution in [0.4, 0.5) is 13.2 Å². The van der Waals surface area contributed by atoms with Crippen LogP contribution in [0.1, 0.15) is 55.3 Å². The Morgan fingerprint density at radius 1 is 1.05 bits per heavy atom. The van der Waals surface area contributed by atoms with E-state index in [2.05, 4.69) is 15.3 Å². The van der Waals surface area contributed by atoms with Crippen molar-refractivity contribution < 1.29 is 42.1 Å². The van der Waals surface area contributed by atoms with Crippen LogP contribution in [0.2, 0.25) is 0 Å². The first kappa shape index (κ1) is 40.8. The molecule has 3 heterocycles. The zero-order valence-electron chi connectivity index (χ0n) is 31.7. The number of halogens is 3. The molecule has 0 saturated carbocycles. The number of carbonyl (C=O) groups is 2. The molecule has 2 amide bonds. The third kappa shape index (κ3) is 9.93. The lowest BCUT2D eigenvalue weighted by molar-refractivity contribution is -0.144. The Bertz CT molecular complexity index is 1940. The van der Waals surface area contributed by atoms with Crippen LogP contribution >= 0.6 is 0 Å². The van der Waals surface area contributed by atoms with E-state index in [0.717, 1.165) is 16.7 Å². The van der Waals surface area contributed by atoms with E-state index in [4.69, 9.17) is 9.15 Å². The van der Waals surface area contributed by atoms with Crippen LogP contribution in [0.15, 0.2) is 83.7 Å². The van der Waals surface area contributed by atoms with Crippen molar-refractivity contribution in [2.75, 3.05) is 39.8 Å². The number of fused-ring (bicyclic) bond motifs is 1. The number of hydrogen-bond donors (Lipinski definition) is 4. The van der Waals surface area contributed by atoms with Crippen molar-refractivity contribution in [1.82, 2.24) is 30.4 Å². The number of ether oxygens (including phenoxy) is 1. The molecule has 5 atom stereocenters. The lowest BCUT2D eigenvalue weighted by Gasteiger charge is -2.46. The number of carbonyl (C=O) groups excluding carboxylic acids is 2. The summed E-state index contributed by atoms with van der Waals surface area (Å²) in [4.78, 5) is 39.8. The van der Waals surface area contributed by atoms with Gasteiger partial charge >= 0.3 is 6.18 Å². The second-order valence-corrected chi connectivity index (χ2v) is 15.1. The molecule has 4 N–H and O–H groups in total. The highest BCUT2D eigenvalue weighted by atomic mass is 19.4. The van der Waals surface area contributed by atoms with Gasteiger partial charge in [-0.15, -0.1) is 0 Å². The number of pyridine rings is 1. The fraction of sp³-hybridized carbons (Fsp3) is 0.463. The first-order valence-corrected chi connectivity index (χ1v) is 18.8. The number of β-amino-alcohol motifs (C(OH)–C–C–N with tert-alkyl or cyclic N) is 1. The second kappa shape index (κ2) is 17.5. The fourth-order valence-electron chi connectivity index (χ4n) is 7.63. The molecular weight excluding hydrogens is 729 g/mol. The van der Waals surface area contributed by atoms with E-state index in [-0.39, 0.29) is 32.0 Å². The Hall–Kier alpha value is -4.83. The summed E-state index contributed by atoms with van der Waals surface area (Å²) in [7, 11) is 1.53. The predicted octanol–water partition coefficient (Wildman–Crippen LogP) is 4.42. The van der Waals surface area contributed by atoms with Crippen LogP contribution in [0.3, 0.4) is 0 Å². The minimum atomic E-state index is -4.62. The number of benzene rings is 2. The summed E-state index contributed by atoms with van der Waals surface area (Å²) in [6.07, 6.45) is -0.311. The molecule has 0 radical (unpaired) electrons. The van der Waals surface area contributed by atoms with E-state index in [9.17, 15) is 33.0 Å². The molecular formula is C41H49F3N6O6. The number of hydrogen-bond acceptors (Lipinski definition) is 10. The van der Waals surface area contributed by atoms with Gasteiger partial charge in [0, 0.05) is 43.9 Å². The number of oxazole rings is 1. The number of nitrogens with one attached hydrogen (secondary N) is 2. The molecule has 1 aliphatic carbocycles. The number of aromatic nitrogens is 2. The number of amides is 2. The van der Waals surface area contributed by atoms with Gasteiger partial charge in [-0.2, -0.15) is 13.2 Å². The molecule has 2 aromatic carbocycles. The van der Waals surface area contributed by atoms with Crippen LogP contribution < -0.4 is 15.4 Å². The molecule has 15 heteroatoms. The lowest BCUT2D eigenvalue weighted by Crippen LogP contribution is -2.63. The molecule has 0 bridgehead atoms. The summed E-state index contributed by atoms with van der Waals surface area (Å²) in [5, 5.41) is 27.6. The van der Waals surface area contributed by atoms with Gasteiger partial charge < -0.3 is 30.0 Å². The minimum Gasteiger partial charge on any atom is -0.495 e. The van der Waals surface area contributed by atoms with Crippen molar-refractivity contribution in [3.8, 4) is 17.1 Å². The summed E-state index contributed by atoms with van der Waals surface area (Å²) < 4.78 is 51.3. The summed E-state index contributed by atoms with van der Waals surface area (Å²) in [6.45, 7) is 2.74. The highest BCUT2D eigenvalue weighted by Gasteiger charge is 2.43. The number of aliphatic hydroxyl groups is 2. The third-order valence-corrected chi connectivity index (χ3v) is 10.8. The van der Waals surface area contributed by atoms with E-state index in [1.807, 2.05) is 78.7 Å². The molecule has 300 valence electrons. The highest BCUT2D eigenvalue weighted by Crippen LogP contribution is 2.34. The second-order valence-electron chi connectivity index (χ2n) is 15.1. The molecule has 6 rings (SSSR count). The number of alkyl halides is 3. The Kier molecular flexibility index (Phi) is 12.8. The van der Waals surface area contributed by atoms with E-state index < -0.39 is 54.4 Å². The number of rotatable bonds is 14. The van der Waals surface area contributed by atoms with Gasteiger partial charge in [-0.25, -0.2) is 4.98 Å². The Labute approximate surface area is 324 Å². The van der Waals surface area contributed by atoms with Crippen molar-refractivity contribution in [1.29, 1.82) is 0 Å². The summed E-state index contributed by atoms with van der Waals surface area (Å²) >= 11 is 0. The molecule has 1 saturated heterocycles. The van der Waals surface area contributed by atoms with Gasteiger partial charge in [0.25, 0.3) is 0 Å². The van der Waals surface area contributed by atoms with Crippen LogP contribution in [0.25, 0.3) is 11.3 Å². The normalized spacial score (nSPS) is 20.5. The average Bonchev–Trinajstić information content (AvgIpc) is 3.70. The number of nitrogens with zero attached hydrogens (tertiary/aromatic N) is 4. The maximum atomic E-state index is 14.0. The van der Waals surface area contributed by atoms with Crippen molar-refractivity contribution >= 4 is 11.8 Å². The molecule has 0 spiro atoms. The summed E-state index contributed by atoms with van der Waals surface area (Å²) in [5.41, 5.74) is 2.53. The van der Waals surface area contributed by atoms with Crippen LogP contribution in [0, 0.1) is 5.92 Å². The zero-order valence-corrected chi connectivity index (χ0v) is 31.7. The van der Waals surface area contributed by atoms with Gasteiger partial charge in [0.05, 0.1) is 43.3 Å². The Morgan fingerprint density at radius 3 is 2.55 bits per heavy atom. The van der Waals surface area contributed by atoms with Crippen molar-refractivity contribution in [3.63, 3.8) is 0 Å². The van der Waals surface area contributed by atoms with Crippen LogP contribution in [-0.2, 0) is 28.0 Å². The molecule has 2 aromatic heterocycles. The molecule has 56 heavy (non-hydrogen) atoms. The fourth-order valence-corrected chi connectivity index (χ4v) is 7.63. The zero-order chi connectivity index (χ0) is 40.0. The van der Waals surface area contributed by atoms with Crippen molar-refractivity contribution in [3.05, 3.63) is 102 Å². The van der Waals surface area contributed by atoms with Crippen LogP contribution in [-0.4, -0.2) is 106 Å². The molecule has 2 aliphatic rings. The van der Waals surface area contributed by atoms with Gasteiger partial charge in [-0.1, -0.05) is 54.6 Å². The molecule has 12 nitrogen and oxygen atoms in total. The van der Waals surface area contributed by atoms with E-state index >= 15 is 0 Å². The summed E-state index contributed by atoms with van der Waals surface area (Å²) in [5.74, 6) is -0.587. The Balaban J connectivity index is 1.19. The van der Waals surface area contributed by atoms with E-state index in [1.54, 1.807) is 29.6 Å². The maximum Gasteiger partial charge on any atom is 0.405 e. The number of piperazine rings is 1. The highest BCUT2D eigenvalue weighted by molar-refractivity contribution is 5.82. The van der Waals surface area contributed by atoms with E-state index in [0.29, 0.717) is 48.8 Å². The minimum absolute atomic E-state index is 0.00596. The van der Waals surface area contributed by atoms with Gasteiger partial charge in [0.2, 0.25) is 17.7 Å². The monoisotopic (exact) mass is 778 g/mol. The topological polar surface area (TPSA) is 153 Å². The average molecular weight is 779 g/mol. The van der Waals surface area contributed by atoms with Crippen LogP contribution in [0.5, 0.6) is 5.75 Å². The molecule has 1 aliphatic heterocycles. The van der Waals surface area contributed by atoms with Gasteiger partial charge in [-0.3, -0.25) is 24.4 Å². The third-order valence-electron chi connectivity index (χ3n) is 10.8. The number of aliphatic hydroxyl groups excluding tert-OH is 2. The SMILES string of the molecule is COc1cncc(-c2cnc(C(C)(C)N3CCN(C[C@@H](O)C[C@@H](Cc4ccccc4)C(=O)N[C@H]4c5ccccc5CC[C@H]4O)[C@H](C(=O)NCC(F)(F)F)C3)o2)c1. The molecule has 4 aromatic rings. The number of aryl methyl sites for hydroxylation is 1. The molecule has 1 fully saturated rings. The van der Waals surface area contributed by atoms with Gasteiger partial charge in [-0.05, 0) is 62.3 Å².